The molecule has 0 bridgehead atoms. The van der Waals surface area contributed by atoms with Gasteiger partial charge in [0, 0.05) is 11.6 Å². The van der Waals surface area contributed by atoms with Gasteiger partial charge < -0.3 is 5.32 Å². The van der Waals surface area contributed by atoms with Crippen LogP contribution in [-0.4, -0.2) is 10.9 Å². The summed E-state index contributed by atoms with van der Waals surface area (Å²) < 4.78 is 0. The van der Waals surface area contributed by atoms with E-state index in [-0.39, 0.29) is 11.8 Å². The molecule has 1 heterocycles. The van der Waals surface area contributed by atoms with Crippen LogP contribution in [0.15, 0.2) is 6.07 Å². The molecule has 1 fully saturated rings. The zero-order valence-electron chi connectivity index (χ0n) is 9.42. The number of anilines is 1. The van der Waals surface area contributed by atoms with E-state index in [2.05, 4.69) is 10.3 Å². The average Bonchev–Trinajstić information content (AvgIpc) is 2.93. The monoisotopic (exact) mass is 204 g/mol. The number of aryl methyl sites for hydroxylation is 3. The summed E-state index contributed by atoms with van der Waals surface area (Å²) in [5, 5.41) is 2.97. The highest BCUT2D eigenvalue weighted by Crippen LogP contribution is 2.31. The molecule has 0 spiro atoms. The van der Waals surface area contributed by atoms with Crippen molar-refractivity contribution in [3.63, 3.8) is 0 Å². The van der Waals surface area contributed by atoms with Crippen LogP contribution in [0.1, 0.15) is 29.8 Å². The van der Waals surface area contributed by atoms with Crippen molar-refractivity contribution in [3.8, 4) is 0 Å². The Morgan fingerprint density at radius 1 is 1.40 bits per heavy atom. The van der Waals surface area contributed by atoms with E-state index in [1.807, 2.05) is 26.8 Å². The van der Waals surface area contributed by atoms with Crippen molar-refractivity contribution < 1.29 is 4.79 Å². The Morgan fingerprint density at radius 3 is 2.60 bits per heavy atom. The first-order chi connectivity index (χ1) is 7.08. The summed E-state index contributed by atoms with van der Waals surface area (Å²) in [5.41, 5.74) is 3.88. The normalized spacial score (nSPS) is 15.1. The Labute approximate surface area is 89.9 Å². The van der Waals surface area contributed by atoms with Crippen molar-refractivity contribution in [1.29, 1.82) is 0 Å². The zero-order chi connectivity index (χ0) is 11.0. The van der Waals surface area contributed by atoms with E-state index < -0.39 is 0 Å². The summed E-state index contributed by atoms with van der Waals surface area (Å²) in [6.07, 6.45) is 2.06. The molecule has 0 aliphatic heterocycles. The second-order valence-electron chi connectivity index (χ2n) is 4.30. The number of nitrogens with zero attached hydrogens (tertiary/aromatic N) is 1. The fourth-order valence-corrected chi connectivity index (χ4v) is 1.78. The number of rotatable bonds is 2. The molecule has 80 valence electrons. The van der Waals surface area contributed by atoms with Gasteiger partial charge >= 0.3 is 0 Å². The quantitative estimate of drug-likeness (QED) is 0.803. The average molecular weight is 204 g/mol. The van der Waals surface area contributed by atoms with Crippen LogP contribution in [0, 0.1) is 26.7 Å². The van der Waals surface area contributed by atoms with Gasteiger partial charge in [-0.15, -0.1) is 0 Å². The van der Waals surface area contributed by atoms with Crippen molar-refractivity contribution in [2.24, 2.45) is 5.92 Å². The SMILES string of the molecule is Cc1cc(C)c(NC(=O)C2CC2)c(C)n1. The highest BCUT2D eigenvalue weighted by molar-refractivity contribution is 5.95. The van der Waals surface area contributed by atoms with E-state index in [1.165, 1.54) is 0 Å². The summed E-state index contributed by atoms with van der Waals surface area (Å²) >= 11 is 0. The summed E-state index contributed by atoms with van der Waals surface area (Å²) in [4.78, 5) is 16.0. The summed E-state index contributed by atoms with van der Waals surface area (Å²) in [7, 11) is 0. The minimum atomic E-state index is 0.145. The molecule has 2 rings (SSSR count). The molecular weight excluding hydrogens is 188 g/mol. The molecule has 1 aliphatic carbocycles. The fourth-order valence-electron chi connectivity index (χ4n) is 1.78. The van der Waals surface area contributed by atoms with Crippen LogP contribution in [-0.2, 0) is 4.79 Å². The number of amides is 1. The number of nitrogens with one attached hydrogen (secondary N) is 1. The molecule has 0 unspecified atom stereocenters. The van der Waals surface area contributed by atoms with E-state index in [9.17, 15) is 4.79 Å². The number of carbonyl (C=O) groups excluding carboxylic acids is 1. The smallest absolute Gasteiger partial charge is 0.227 e. The van der Waals surface area contributed by atoms with Crippen molar-refractivity contribution in [2.45, 2.75) is 33.6 Å². The number of carbonyl (C=O) groups is 1. The first-order valence-corrected chi connectivity index (χ1v) is 5.33. The van der Waals surface area contributed by atoms with Crippen LogP contribution in [0.4, 0.5) is 5.69 Å². The topological polar surface area (TPSA) is 42.0 Å². The highest BCUT2D eigenvalue weighted by atomic mass is 16.2. The van der Waals surface area contributed by atoms with Gasteiger partial charge in [-0.25, -0.2) is 0 Å². The molecule has 0 atom stereocenters. The molecule has 0 aromatic carbocycles. The van der Waals surface area contributed by atoms with Crippen molar-refractivity contribution in [2.75, 3.05) is 5.32 Å². The standard InChI is InChI=1S/C12H16N2O/c1-7-6-8(2)13-9(3)11(7)14-12(15)10-4-5-10/h6,10H,4-5H2,1-3H3,(H,14,15). The second-order valence-corrected chi connectivity index (χ2v) is 4.30. The summed E-state index contributed by atoms with van der Waals surface area (Å²) in [6.45, 7) is 5.90. The van der Waals surface area contributed by atoms with Gasteiger partial charge in [0.1, 0.15) is 0 Å². The van der Waals surface area contributed by atoms with Gasteiger partial charge in [0.2, 0.25) is 5.91 Å². The Kier molecular flexibility index (Phi) is 2.47. The van der Waals surface area contributed by atoms with Gasteiger partial charge in [-0.3, -0.25) is 9.78 Å². The molecule has 1 amide bonds. The first-order valence-electron chi connectivity index (χ1n) is 5.33. The van der Waals surface area contributed by atoms with Gasteiger partial charge in [0.15, 0.2) is 0 Å². The third-order valence-electron chi connectivity index (χ3n) is 2.72. The largest absolute Gasteiger partial charge is 0.324 e. The molecule has 3 heteroatoms. The van der Waals surface area contributed by atoms with Crippen molar-refractivity contribution in [3.05, 3.63) is 23.0 Å². The Morgan fingerprint density at radius 2 is 2.07 bits per heavy atom. The number of hydrogen-bond donors (Lipinski definition) is 1. The lowest BCUT2D eigenvalue weighted by atomic mass is 10.1. The molecule has 0 radical (unpaired) electrons. The number of hydrogen-bond acceptors (Lipinski definition) is 2. The highest BCUT2D eigenvalue weighted by Gasteiger charge is 2.30. The maximum Gasteiger partial charge on any atom is 0.227 e. The minimum absolute atomic E-state index is 0.145. The van der Waals surface area contributed by atoms with E-state index >= 15 is 0 Å². The minimum Gasteiger partial charge on any atom is -0.324 e. The van der Waals surface area contributed by atoms with Crippen molar-refractivity contribution in [1.82, 2.24) is 4.98 Å². The molecule has 1 aromatic rings. The lowest BCUT2D eigenvalue weighted by molar-refractivity contribution is -0.117. The molecule has 15 heavy (non-hydrogen) atoms. The Balaban J connectivity index is 2.23. The lowest BCUT2D eigenvalue weighted by Gasteiger charge is -2.11. The molecule has 1 N–H and O–H groups in total. The maximum atomic E-state index is 11.6. The predicted molar refractivity (Wildman–Crippen MR) is 59.8 cm³/mol. The van der Waals surface area contributed by atoms with Crippen LogP contribution >= 0.6 is 0 Å². The van der Waals surface area contributed by atoms with Gasteiger partial charge in [-0.1, -0.05) is 0 Å². The van der Waals surface area contributed by atoms with Crippen LogP contribution in [0.3, 0.4) is 0 Å². The van der Waals surface area contributed by atoms with Gasteiger partial charge in [-0.05, 0) is 45.2 Å². The zero-order valence-corrected chi connectivity index (χ0v) is 9.42. The molecule has 1 aromatic heterocycles. The molecule has 0 saturated heterocycles. The first kappa shape index (κ1) is 10.1. The van der Waals surface area contributed by atoms with Crippen LogP contribution in [0.2, 0.25) is 0 Å². The van der Waals surface area contributed by atoms with Crippen LogP contribution < -0.4 is 5.32 Å². The van der Waals surface area contributed by atoms with Gasteiger partial charge in [0.05, 0.1) is 11.4 Å². The van der Waals surface area contributed by atoms with E-state index in [0.717, 1.165) is 35.5 Å². The summed E-state index contributed by atoms with van der Waals surface area (Å²) in [5.74, 6) is 0.386. The summed E-state index contributed by atoms with van der Waals surface area (Å²) in [6, 6.07) is 2.00. The molecule has 3 nitrogen and oxygen atoms in total. The number of pyridine rings is 1. The molecular formula is C12H16N2O. The van der Waals surface area contributed by atoms with Gasteiger partial charge in [-0.2, -0.15) is 0 Å². The van der Waals surface area contributed by atoms with E-state index in [4.69, 9.17) is 0 Å². The van der Waals surface area contributed by atoms with Crippen molar-refractivity contribution >= 4 is 11.6 Å². The van der Waals surface area contributed by atoms with Crippen LogP contribution in [0.5, 0.6) is 0 Å². The lowest BCUT2D eigenvalue weighted by Crippen LogP contribution is -2.15. The third-order valence-corrected chi connectivity index (χ3v) is 2.72. The molecule has 1 saturated carbocycles. The van der Waals surface area contributed by atoms with Gasteiger partial charge in [0.25, 0.3) is 0 Å². The maximum absolute atomic E-state index is 11.6. The predicted octanol–water partition coefficient (Wildman–Crippen LogP) is 2.36. The van der Waals surface area contributed by atoms with E-state index in [0.29, 0.717) is 0 Å². The molecule has 1 aliphatic rings. The Bertz CT molecular complexity index is 385. The Hall–Kier alpha value is -1.38. The number of aromatic nitrogens is 1. The fraction of sp³-hybridized carbons (Fsp3) is 0.500. The van der Waals surface area contributed by atoms with E-state index in [1.54, 1.807) is 0 Å². The third kappa shape index (κ3) is 2.17. The second kappa shape index (κ2) is 3.65. The van der Waals surface area contributed by atoms with Crippen LogP contribution in [0.25, 0.3) is 0 Å².